The highest BCUT2D eigenvalue weighted by Gasteiger charge is 2.30. The molecule has 6 heteroatoms. The standard InChI is InChI=1S/C15H20FNO4/c1-15(2,3)21-14(19)17-7-8-20-12(9-17)10-5-4-6-11(18)13(10)16/h4-6,12,18H,7-9H2,1-3H3/t12-/m1/s1. The Kier molecular flexibility index (Phi) is 4.37. The van der Waals surface area contributed by atoms with E-state index in [0.717, 1.165) is 0 Å². The van der Waals surface area contributed by atoms with Gasteiger partial charge in [0.05, 0.1) is 13.2 Å². The number of aromatic hydroxyl groups is 1. The van der Waals surface area contributed by atoms with Crippen molar-refractivity contribution in [2.24, 2.45) is 0 Å². The lowest BCUT2D eigenvalue weighted by atomic mass is 10.1. The minimum atomic E-state index is -0.714. The van der Waals surface area contributed by atoms with Gasteiger partial charge in [-0.1, -0.05) is 12.1 Å². The van der Waals surface area contributed by atoms with E-state index in [1.165, 1.54) is 17.0 Å². The normalized spacial score (nSPS) is 19.4. The highest BCUT2D eigenvalue weighted by Crippen LogP contribution is 2.29. The molecule has 0 bridgehead atoms. The van der Waals surface area contributed by atoms with Gasteiger partial charge in [-0.15, -0.1) is 0 Å². The Balaban J connectivity index is 2.10. The van der Waals surface area contributed by atoms with Crippen LogP contribution in [0.5, 0.6) is 5.75 Å². The fraction of sp³-hybridized carbons (Fsp3) is 0.533. The van der Waals surface area contributed by atoms with Gasteiger partial charge in [-0.3, -0.25) is 0 Å². The summed E-state index contributed by atoms with van der Waals surface area (Å²) in [6.07, 6.45) is -1.06. The van der Waals surface area contributed by atoms with Crippen LogP contribution in [0.25, 0.3) is 0 Å². The number of benzene rings is 1. The van der Waals surface area contributed by atoms with Crippen LogP contribution in [0.15, 0.2) is 18.2 Å². The predicted molar refractivity (Wildman–Crippen MR) is 74.6 cm³/mol. The van der Waals surface area contributed by atoms with E-state index >= 15 is 0 Å². The number of halogens is 1. The molecule has 2 rings (SSSR count). The maximum absolute atomic E-state index is 13.9. The molecule has 1 heterocycles. The number of carbonyl (C=O) groups is 1. The maximum Gasteiger partial charge on any atom is 0.410 e. The van der Waals surface area contributed by atoms with Gasteiger partial charge >= 0.3 is 6.09 Å². The first-order chi connectivity index (χ1) is 9.78. The molecule has 0 unspecified atom stereocenters. The molecule has 1 amide bonds. The second-order valence-corrected chi connectivity index (χ2v) is 5.97. The van der Waals surface area contributed by atoms with E-state index in [-0.39, 0.29) is 12.1 Å². The molecule has 1 aliphatic rings. The molecule has 21 heavy (non-hydrogen) atoms. The second-order valence-electron chi connectivity index (χ2n) is 5.97. The number of phenols is 1. The summed E-state index contributed by atoms with van der Waals surface area (Å²) < 4.78 is 24.7. The minimum Gasteiger partial charge on any atom is -0.505 e. The van der Waals surface area contributed by atoms with Gasteiger partial charge in [0.25, 0.3) is 0 Å². The molecule has 0 spiro atoms. The van der Waals surface area contributed by atoms with E-state index in [0.29, 0.717) is 13.2 Å². The Hall–Kier alpha value is -1.82. The Morgan fingerprint density at radius 1 is 1.48 bits per heavy atom. The van der Waals surface area contributed by atoms with Crippen LogP contribution in [0.3, 0.4) is 0 Å². The molecule has 1 aliphatic heterocycles. The molecule has 1 N–H and O–H groups in total. The lowest BCUT2D eigenvalue weighted by molar-refractivity contribution is -0.0444. The van der Waals surface area contributed by atoms with Gasteiger partial charge < -0.3 is 19.5 Å². The zero-order valence-corrected chi connectivity index (χ0v) is 12.4. The van der Waals surface area contributed by atoms with Gasteiger partial charge in [0.15, 0.2) is 11.6 Å². The average Bonchev–Trinajstić information content (AvgIpc) is 2.40. The number of morpholine rings is 1. The Morgan fingerprint density at radius 2 is 2.19 bits per heavy atom. The van der Waals surface area contributed by atoms with Crippen molar-refractivity contribution in [2.45, 2.75) is 32.5 Å². The molecular weight excluding hydrogens is 277 g/mol. The number of phenolic OH excluding ortho intramolecular Hbond substituents is 1. The predicted octanol–water partition coefficient (Wildman–Crippen LogP) is 2.84. The highest BCUT2D eigenvalue weighted by atomic mass is 19.1. The van der Waals surface area contributed by atoms with Crippen molar-refractivity contribution in [3.63, 3.8) is 0 Å². The first-order valence-corrected chi connectivity index (χ1v) is 6.85. The number of hydrogen-bond acceptors (Lipinski definition) is 4. The summed E-state index contributed by atoms with van der Waals surface area (Å²) in [7, 11) is 0. The van der Waals surface area contributed by atoms with Crippen LogP contribution in [0.4, 0.5) is 9.18 Å². The molecule has 0 aliphatic carbocycles. The minimum absolute atomic E-state index is 0.190. The van der Waals surface area contributed by atoms with Crippen molar-refractivity contribution in [1.29, 1.82) is 0 Å². The largest absolute Gasteiger partial charge is 0.505 e. The summed E-state index contributed by atoms with van der Waals surface area (Å²) in [5, 5.41) is 9.42. The van der Waals surface area contributed by atoms with Gasteiger partial charge in [-0.05, 0) is 26.8 Å². The zero-order valence-electron chi connectivity index (χ0n) is 12.4. The van der Waals surface area contributed by atoms with Crippen LogP contribution in [-0.4, -0.2) is 41.4 Å². The monoisotopic (exact) mass is 297 g/mol. The van der Waals surface area contributed by atoms with Crippen molar-refractivity contribution < 1.29 is 23.8 Å². The van der Waals surface area contributed by atoms with Crippen LogP contribution >= 0.6 is 0 Å². The Morgan fingerprint density at radius 3 is 2.86 bits per heavy atom. The number of ether oxygens (including phenoxy) is 2. The third-order valence-corrected chi connectivity index (χ3v) is 3.07. The van der Waals surface area contributed by atoms with Crippen molar-refractivity contribution in [2.75, 3.05) is 19.7 Å². The maximum atomic E-state index is 13.9. The van der Waals surface area contributed by atoms with Gasteiger partial charge in [0.2, 0.25) is 0 Å². The van der Waals surface area contributed by atoms with E-state index in [4.69, 9.17) is 9.47 Å². The average molecular weight is 297 g/mol. The van der Waals surface area contributed by atoms with Crippen molar-refractivity contribution in [1.82, 2.24) is 4.90 Å². The highest BCUT2D eigenvalue weighted by molar-refractivity contribution is 5.68. The molecule has 0 radical (unpaired) electrons. The van der Waals surface area contributed by atoms with Crippen LogP contribution < -0.4 is 0 Å². The summed E-state index contributed by atoms with van der Waals surface area (Å²) in [4.78, 5) is 13.5. The fourth-order valence-corrected chi connectivity index (χ4v) is 2.12. The van der Waals surface area contributed by atoms with Crippen LogP contribution in [0.1, 0.15) is 32.4 Å². The number of amides is 1. The van der Waals surface area contributed by atoms with Crippen LogP contribution in [0.2, 0.25) is 0 Å². The zero-order chi connectivity index (χ0) is 15.6. The summed E-state index contributed by atoms with van der Waals surface area (Å²) >= 11 is 0. The molecule has 0 aromatic heterocycles. The molecule has 0 saturated carbocycles. The second kappa shape index (κ2) is 5.89. The van der Waals surface area contributed by atoms with E-state index in [9.17, 15) is 14.3 Å². The number of rotatable bonds is 1. The Bertz CT molecular complexity index is 527. The SMILES string of the molecule is CC(C)(C)OC(=O)N1CCO[C@@H](c2cccc(O)c2F)C1. The van der Waals surface area contributed by atoms with Gasteiger partial charge in [0.1, 0.15) is 11.7 Å². The van der Waals surface area contributed by atoms with E-state index in [1.54, 1.807) is 26.8 Å². The Labute approximate surface area is 123 Å². The van der Waals surface area contributed by atoms with Crippen molar-refractivity contribution in [3.05, 3.63) is 29.6 Å². The summed E-state index contributed by atoms with van der Waals surface area (Å²) in [5.74, 6) is -1.14. The molecular formula is C15H20FNO4. The van der Waals surface area contributed by atoms with E-state index in [1.807, 2.05) is 0 Å². The molecule has 1 atom stereocenters. The van der Waals surface area contributed by atoms with Gasteiger partial charge in [-0.2, -0.15) is 0 Å². The van der Waals surface area contributed by atoms with Gasteiger partial charge in [-0.25, -0.2) is 9.18 Å². The molecule has 5 nitrogen and oxygen atoms in total. The number of nitrogens with zero attached hydrogens (tertiary/aromatic N) is 1. The molecule has 1 fully saturated rings. The van der Waals surface area contributed by atoms with Crippen LogP contribution in [-0.2, 0) is 9.47 Å². The van der Waals surface area contributed by atoms with Crippen molar-refractivity contribution >= 4 is 6.09 Å². The molecule has 1 aromatic carbocycles. The van der Waals surface area contributed by atoms with Crippen molar-refractivity contribution in [3.8, 4) is 5.75 Å². The number of hydrogen-bond donors (Lipinski definition) is 1. The number of carbonyl (C=O) groups excluding carboxylic acids is 1. The third-order valence-electron chi connectivity index (χ3n) is 3.07. The molecule has 1 aromatic rings. The van der Waals surface area contributed by atoms with E-state index in [2.05, 4.69) is 0 Å². The summed E-state index contributed by atoms with van der Waals surface area (Å²) in [5.41, 5.74) is -0.343. The third kappa shape index (κ3) is 3.85. The van der Waals surface area contributed by atoms with E-state index < -0.39 is 29.4 Å². The molecule has 116 valence electrons. The lowest BCUT2D eigenvalue weighted by Gasteiger charge is -2.34. The first-order valence-electron chi connectivity index (χ1n) is 6.85. The summed E-state index contributed by atoms with van der Waals surface area (Å²) in [6, 6.07) is 4.36. The fourth-order valence-electron chi connectivity index (χ4n) is 2.12. The topological polar surface area (TPSA) is 59.0 Å². The van der Waals surface area contributed by atoms with Crippen LogP contribution in [0, 0.1) is 5.82 Å². The summed E-state index contributed by atoms with van der Waals surface area (Å²) in [6.45, 7) is 6.24. The quantitative estimate of drug-likeness (QED) is 0.866. The molecule has 1 saturated heterocycles. The smallest absolute Gasteiger partial charge is 0.410 e. The first kappa shape index (κ1) is 15.6. The van der Waals surface area contributed by atoms with Gasteiger partial charge in [0, 0.05) is 12.1 Å². The lowest BCUT2D eigenvalue weighted by Crippen LogP contribution is -2.44.